The third-order valence-electron chi connectivity index (χ3n) is 6.18. The Labute approximate surface area is 207 Å². The van der Waals surface area contributed by atoms with Crippen molar-refractivity contribution in [2.24, 2.45) is 11.8 Å². The molecule has 2 aromatic rings. The van der Waals surface area contributed by atoms with E-state index in [1.54, 1.807) is 36.4 Å². The number of ether oxygens (including phenoxy) is 2. The number of hydrogen-bond donors (Lipinski definition) is 1. The summed E-state index contributed by atoms with van der Waals surface area (Å²) in [5.41, 5.74) is 1.08. The molecule has 182 valence electrons. The Balaban J connectivity index is 1.49. The molecule has 1 saturated heterocycles. The van der Waals surface area contributed by atoms with E-state index in [-0.39, 0.29) is 18.2 Å². The summed E-state index contributed by atoms with van der Waals surface area (Å²) >= 11 is 5.99. The molecule has 1 N–H and O–H groups in total. The lowest BCUT2D eigenvalue weighted by Crippen LogP contribution is -2.48. The van der Waals surface area contributed by atoms with E-state index in [0.717, 1.165) is 10.5 Å². The second-order valence-electron chi connectivity index (χ2n) is 8.41. The average molecular weight is 497 g/mol. The van der Waals surface area contributed by atoms with Crippen LogP contribution in [0.1, 0.15) is 18.4 Å². The van der Waals surface area contributed by atoms with Crippen LogP contribution in [-0.2, 0) is 30.3 Å². The van der Waals surface area contributed by atoms with Crippen LogP contribution in [0.5, 0.6) is 5.75 Å². The number of esters is 1. The van der Waals surface area contributed by atoms with Gasteiger partial charge in [-0.25, -0.2) is 4.79 Å². The zero-order chi connectivity index (χ0) is 24.9. The molecule has 1 fully saturated rings. The first-order chi connectivity index (χ1) is 16.9. The van der Waals surface area contributed by atoms with E-state index in [1.165, 1.54) is 13.2 Å². The van der Waals surface area contributed by atoms with Crippen LogP contribution >= 0.6 is 11.6 Å². The molecule has 0 unspecified atom stereocenters. The number of rotatable bonds is 8. The van der Waals surface area contributed by atoms with Gasteiger partial charge in [0.15, 0.2) is 6.61 Å². The van der Waals surface area contributed by atoms with Gasteiger partial charge >= 0.3 is 5.97 Å². The number of hydrogen-bond acceptors (Lipinski definition) is 6. The second-order valence-corrected chi connectivity index (χ2v) is 8.84. The predicted octanol–water partition coefficient (Wildman–Crippen LogP) is 3.39. The maximum atomic E-state index is 13.2. The maximum absolute atomic E-state index is 13.2. The molecular weight excluding hydrogens is 472 g/mol. The summed E-state index contributed by atoms with van der Waals surface area (Å²) < 4.78 is 10.5. The van der Waals surface area contributed by atoms with E-state index in [9.17, 15) is 19.2 Å². The van der Waals surface area contributed by atoms with Crippen molar-refractivity contribution in [1.29, 1.82) is 0 Å². The number of benzene rings is 2. The molecule has 0 saturated carbocycles. The molecule has 0 radical (unpaired) electrons. The highest BCUT2D eigenvalue weighted by Gasteiger charge is 2.51. The number of halogens is 1. The van der Waals surface area contributed by atoms with Gasteiger partial charge in [-0.2, -0.15) is 0 Å². The lowest BCUT2D eigenvalue weighted by atomic mass is 9.85. The molecule has 2 aliphatic rings. The molecule has 0 bridgehead atoms. The van der Waals surface area contributed by atoms with Crippen LogP contribution in [-0.4, -0.2) is 48.3 Å². The minimum Gasteiger partial charge on any atom is -0.495 e. The average Bonchev–Trinajstić information content (AvgIpc) is 3.12. The van der Waals surface area contributed by atoms with E-state index in [1.807, 2.05) is 18.2 Å². The standard InChI is InChI=1S/C26H25ClN2O6/c1-34-22-12-11-17(27)14-20(22)28-23(30)15-35-26(33)21(13-16-7-3-2-4-8-16)29-24(31)18-9-5-6-10-19(18)25(29)32/h2-8,11-12,14,18-19,21H,9-10,13,15H2,1H3,(H,28,30)/t18-,19+,21-/m1/s1. The summed E-state index contributed by atoms with van der Waals surface area (Å²) in [4.78, 5) is 52.9. The Kier molecular flexibility index (Phi) is 7.51. The number of allylic oxidation sites excluding steroid dienone is 2. The number of nitrogens with one attached hydrogen (secondary N) is 1. The first kappa shape index (κ1) is 24.5. The van der Waals surface area contributed by atoms with E-state index in [2.05, 4.69) is 5.32 Å². The molecule has 1 heterocycles. The smallest absolute Gasteiger partial charge is 0.330 e. The highest BCUT2D eigenvalue weighted by molar-refractivity contribution is 6.31. The maximum Gasteiger partial charge on any atom is 0.330 e. The van der Waals surface area contributed by atoms with Crippen LogP contribution in [0.25, 0.3) is 0 Å². The van der Waals surface area contributed by atoms with Crippen molar-refractivity contribution in [2.45, 2.75) is 25.3 Å². The van der Waals surface area contributed by atoms with Crippen LogP contribution in [0.3, 0.4) is 0 Å². The van der Waals surface area contributed by atoms with Gasteiger partial charge in [-0.15, -0.1) is 0 Å². The normalized spacial score (nSPS) is 19.8. The van der Waals surface area contributed by atoms with Gasteiger partial charge in [-0.3, -0.25) is 19.3 Å². The number of likely N-dealkylation sites (tertiary alicyclic amines) is 1. The quantitative estimate of drug-likeness (QED) is 0.341. The fourth-order valence-corrected chi connectivity index (χ4v) is 4.62. The number of anilines is 1. The van der Waals surface area contributed by atoms with Crippen LogP contribution in [0, 0.1) is 11.8 Å². The Morgan fingerprint density at radius 2 is 1.71 bits per heavy atom. The fourth-order valence-electron chi connectivity index (χ4n) is 4.45. The summed E-state index contributed by atoms with van der Waals surface area (Å²) in [5, 5.41) is 2.98. The molecule has 8 nitrogen and oxygen atoms in total. The molecule has 3 amide bonds. The van der Waals surface area contributed by atoms with Crippen LogP contribution in [0.4, 0.5) is 5.69 Å². The van der Waals surface area contributed by atoms with Crippen molar-refractivity contribution < 1.29 is 28.7 Å². The Morgan fingerprint density at radius 3 is 2.34 bits per heavy atom. The van der Waals surface area contributed by atoms with Crippen molar-refractivity contribution in [1.82, 2.24) is 4.90 Å². The summed E-state index contributed by atoms with van der Waals surface area (Å²) in [6, 6.07) is 12.6. The van der Waals surface area contributed by atoms with Crippen molar-refractivity contribution in [2.75, 3.05) is 19.0 Å². The van der Waals surface area contributed by atoms with Gasteiger partial charge in [0.1, 0.15) is 11.8 Å². The molecule has 9 heteroatoms. The van der Waals surface area contributed by atoms with E-state index in [0.29, 0.717) is 29.3 Å². The van der Waals surface area contributed by atoms with Gasteiger partial charge in [-0.1, -0.05) is 54.1 Å². The van der Waals surface area contributed by atoms with Crippen LogP contribution in [0.15, 0.2) is 60.7 Å². The van der Waals surface area contributed by atoms with Crippen LogP contribution < -0.4 is 10.1 Å². The molecule has 3 atom stereocenters. The number of imide groups is 1. The van der Waals surface area contributed by atoms with Gasteiger partial charge in [0, 0.05) is 11.4 Å². The van der Waals surface area contributed by atoms with E-state index < -0.39 is 36.4 Å². The first-order valence-electron chi connectivity index (χ1n) is 11.2. The minimum absolute atomic E-state index is 0.0910. The monoisotopic (exact) mass is 496 g/mol. The molecule has 2 aromatic carbocycles. The van der Waals surface area contributed by atoms with Gasteiger partial charge < -0.3 is 14.8 Å². The van der Waals surface area contributed by atoms with Gasteiger partial charge in [0.2, 0.25) is 11.8 Å². The van der Waals surface area contributed by atoms with Gasteiger partial charge in [-0.05, 0) is 36.6 Å². The summed E-state index contributed by atoms with van der Waals surface area (Å²) in [6.07, 6.45) is 4.78. The van der Waals surface area contributed by atoms with E-state index >= 15 is 0 Å². The number of fused-ring (bicyclic) bond motifs is 1. The van der Waals surface area contributed by atoms with Crippen molar-refractivity contribution in [3.05, 3.63) is 71.3 Å². The molecule has 4 rings (SSSR count). The highest BCUT2D eigenvalue weighted by Crippen LogP contribution is 2.37. The van der Waals surface area contributed by atoms with Gasteiger partial charge in [0.25, 0.3) is 5.91 Å². The highest BCUT2D eigenvalue weighted by atomic mass is 35.5. The molecule has 35 heavy (non-hydrogen) atoms. The Morgan fingerprint density at radius 1 is 1.06 bits per heavy atom. The number of amides is 3. The summed E-state index contributed by atoms with van der Waals surface area (Å²) in [6.45, 7) is -0.607. The number of carbonyl (C=O) groups is 4. The Bertz CT molecular complexity index is 1140. The van der Waals surface area contributed by atoms with Crippen molar-refractivity contribution in [3.8, 4) is 5.75 Å². The molecule has 0 spiro atoms. The fraction of sp³-hybridized carbons (Fsp3) is 0.308. The van der Waals surface area contributed by atoms with E-state index in [4.69, 9.17) is 21.1 Å². The number of carbonyl (C=O) groups excluding carboxylic acids is 4. The largest absolute Gasteiger partial charge is 0.495 e. The molecule has 1 aliphatic carbocycles. The SMILES string of the molecule is COc1ccc(Cl)cc1NC(=O)COC(=O)[C@@H](Cc1ccccc1)N1C(=O)[C@H]2CC=CC[C@H]2C1=O. The Hall–Kier alpha value is -3.65. The zero-order valence-electron chi connectivity index (χ0n) is 19.1. The zero-order valence-corrected chi connectivity index (χ0v) is 19.9. The second kappa shape index (κ2) is 10.7. The minimum atomic E-state index is -1.17. The number of nitrogens with zero attached hydrogens (tertiary/aromatic N) is 1. The molecule has 0 aromatic heterocycles. The first-order valence-corrected chi connectivity index (χ1v) is 11.6. The molecular formula is C26H25ClN2O6. The summed E-state index contributed by atoms with van der Waals surface area (Å²) in [7, 11) is 1.45. The molecule has 1 aliphatic heterocycles. The predicted molar refractivity (Wildman–Crippen MR) is 129 cm³/mol. The summed E-state index contributed by atoms with van der Waals surface area (Å²) in [5.74, 6) is -2.76. The van der Waals surface area contributed by atoms with Crippen molar-refractivity contribution >= 4 is 41.0 Å². The lowest BCUT2D eigenvalue weighted by molar-refractivity contribution is -0.160. The third kappa shape index (κ3) is 5.38. The van der Waals surface area contributed by atoms with Gasteiger partial charge in [0.05, 0.1) is 24.6 Å². The third-order valence-corrected chi connectivity index (χ3v) is 6.41. The lowest BCUT2D eigenvalue weighted by Gasteiger charge is -2.25. The van der Waals surface area contributed by atoms with Crippen molar-refractivity contribution in [3.63, 3.8) is 0 Å². The number of methoxy groups -OCH3 is 1. The topological polar surface area (TPSA) is 102 Å². The van der Waals surface area contributed by atoms with Crippen LogP contribution in [0.2, 0.25) is 5.02 Å².